The fraction of sp³-hybridized carbons (Fsp3) is 0.524. The van der Waals surface area contributed by atoms with Crippen LogP contribution >= 0.6 is 0 Å². The number of carbonyl (C=O) groups is 2. The van der Waals surface area contributed by atoms with Crippen molar-refractivity contribution in [3.8, 4) is 5.75 Å². The second-order valence-corrected chi connectivity index (χ2v) is 7.37. The lowest BCUT2D eigenvalue weighted by Gasteiger charge is -2.31. The van der Waals surface area contributed by atoms with Gasteiger partial charge in [0.2, 0.25) is 0 Å². The molecule has 1 saturated carbocycles. The minimum atomic E-state index is -0.539. The van der Waals surface area contributed by atoms with Crippen LogP contribution in [0.1, 0.15) is 58.1 Å². The van der Waals surface area contributed by atoms with Crippen LogP contribution in [0.15, 0.2) is 35.5 Å². The van der Waals surface area contributed by atoms with Gasteiger partial charge in [0.25, 0.3) is 0 Å². The average Bonchev–Trinajstić information content (AvgIpc) is 2.62. The van der Waals surface area contributed by atoms with Crippen LogP contribution in [-0.4, -0.2) is 24.7 Å². The Balaban J connectivity index is 1.81. The third-order valence-corrected chi connectivity index (χ3v) is 5.18. The van der Waals surface area contributed by atoms with Crippen molar-refractivity contribution in [2.75, 3.05) is 6.61 Å². The molecule has 0 bridgehead atoms. The lowest BCUT2D eigenvalue weighted by Crippen LogP contribution is -2.45. The number of amides is 2. The number of hydrogen-bond acceptors (Lipinski definition) is 4. The highest BCUT2D eigenvalue weighted by atomic mass is 16.5. The van der Waals surface area contributed by atoms with E-state index in [4.69, 9.17) is 9.47 Å². The van der Waals surface area contributed by atoms with E-state index in [0.29, 0.717) is 23.8 Å². The fourth-order valence-electron chi connectivity index (χ4n) is 3.84. The summed E-state index contributed by atoms with van der Waals surface area (Å²) in [5, 5.41) is 5.53. The van der Waals surface area contributed by atoms with E-state index in [-0.39, 0.29) is 18.1 Å². The number of nitrogens with one attached hydrogen (secondary N) is 2. The molecule has 1 fully saturated rings. The molecule has 1 aromatic carbocycles. The highest BCUT2D eigenvalue weighted by Crippen LogP contribution is 2.31. The quantitative estimate of drug-likeness (QED) is 0.770. The molecule has 146 valence electrons. The molecule has 6 heteroatoms. The van der Waals surface area contributed by atoms with Crippen molar-refractivity contribution in [1.82, 2.24) is 10.6 Å². The van der Waals surface area contributed by atoms with Crippen molar-refractivity contribution < 1.29 is 19.1 Å². The van der Waals surface area contributed by atoms with Gasteiger partial charge in [-0.15, -0.1) is 0 Å². The smallest absolute Gasteiger partial charge is 0.338 e. The lowest BCUT2D eigenvalue weighted by molar-refractivity contribution is -0.146. The average molecular weight is 372 g/mol. The van der Waals surface area contributed by atoms with E-state index in [1.165, 1.54) is 6.42 Å². The molecule has 2 N–H and O–H groups in total. The number of ether oxygens (including phenoxy) is 2. The molecule has 0 aromatic heterocycles. The Morgan fingerprint density at radius 3 is 2.63 bits per heavy atom. The van der Waals surface area contributed by atoms with Gasteiger partial charge in [-0.1, -0.05) is 25.5 Å². The van der Waals surface area contributed by atoms with Crippen molar-refractivity contribution in [2.45, 2.75) is 58.6 Å². The highest BCUT2D eigenvalue weighted by molar-refractivity contribution is 5.95. The summed E-state index contributed by atoms with van der Waals surface area (Å²) in [7, 11) is 0. The molecule has 3 atom stereocenters. The van der Waals surface area contributed by atoms with Crippen LogP contribution in [0.5, 0.6) is 5.75 Å². The summed E-state index contributed by atoms with van der Waals surface area (Å²) in [5.74, 6) is 0.957. The second-order valence-electron chi connectivity index (χ2n) is 7.37. The summed E-state index contributed by atoms with van der Waals surface area (Å²) in [5.41, 5.74) is 1.81. The molecule has 1 aliphatic heterocycles. The van der Waals surface area contributed by atoms with Crippen LogP contribution in [0.2, 0.25) is 0 Å². The van der Waals surface area contributed by atoms with Crippen LogP contribution in [0.4, 0.5) is 4.79 Å². The van der Waals surface area contributed by atoms with Gasteiger partial charge >= 0.3 is 12.0 Å². The van der Waals surface area contributed by atoms with Crippen molar-refractivity contribution in [3.05, 3.63) is 41.1 Å². The zero-order valence-electron chi connectivity index (χ0n) is 16.2. The zero-order valence-corrected chi connectivity index (χ0v) is 16.2. The first-order valence-electron chi connectivity index (χ1n) is 9.70. The number of benzene rings is 1. The molecule has 1 heterocycles. The lowest BCUT2D eigenvalue weighted by atomic mass is 9.88. The van der Waals surface area contributed by atoms with E-state index in [0.717, 1.165) is 30.6 Å². The van der Waals surface area contributed by atoms with Crippen molar-refractivity contribution in [3.63, 3.8) is 0 Å². The summed E-state index contributed by atoms with van der Waals surface area (Å²) < 4.78 is 11.3. The topological polar surface area (TPSA) is 76.7 Å². The van der Waals surface area contributed by atoms with Gasteiger partial charge in [0.1, 0.15) is 11.9 Å². The van der Waals surface area contributed by atoms with Gasteiger partial charge in [-0.2, -0.15) is 0 Å². The second kappa shape index (κ2) is 8.46. The van der Waals surface area contributed by atoms with Gasteiger partial charge in [-0.3, -0.25) is 0 Å². The molecule has 0 radical (unpaired) electrons. The van der Waals surface area contributed by atoms with E-state index in [1.807, 2.05) is 31.2 Å². The maximum Gasteiger partial charge on any atom is 0.338 e. The van der Waals surface area contributed by atoms with Crippen molar-refractivity contribution in [2.24, 2.45) is 5.92 Å². The van der Waals surface area contributed by atoms with Crippen LogP contribution in [-0.2, 0) is 9.53 Å². The van der Waals surface area contributed by atoms with Crippen LogP contribution < -0.4 is 15.4 Å². The van der Waals surface area contributed by atoms with Crippen LogP contribution in [0.3, 0.4) is 0 Å². The van der Waals surface area contributed by atoms with Gasteiger partial charge in [0, 0.05) is 5.70 Å². The molecule has 1 aliphatic carbocycles. The number of carbonyl (C=O) groups excluding carboxylic acids is 2. The maximum absolute atomic E-state index is 12.9. The first kappa shape index (κ1) is 19.3. The van der Waals surface area contributed by atoms with Gasteiger partial charge < -0.3 is 20.1 Å². The predicted molar refractivity (Wildman–Crippen MR) is 102 cm³/mol. The summed E-state index contributed by atoms with van der Waals surface area (Å²) in [4.78, 5) is 24.9. The van der Waals surface area contributed by atoms with Crippen molar-refractivity contribution >= 4 is 12.0 Å². The molecule has 0 unspecified atom stereocenters. The minimum absolute atomic E-state index is 0.0554. The van der Waals surface area contributed by atoms with Crippen molar-refractivity contribution in [1.29, 1.82) is 0 Å². The third-order valence-electron chi connectivity index (χ3n) is 5.18. The van der Waals surface area contributed by atoms with E-state index >= 15 is 0 Å². The van der Waals surface area contributed by atoms with E-state index in [1.54, 1.807) is 6.92 Å². The van der Waals surface area contributed by atoms with E-state index in [2.05, 4.69) is 17.6 Å². The molecular weight excluding hydrogens is 344 g/mol. The van der Waals surface area contributed by atoms with Crippen LogP contribution in [0, 0.1) is 5.92 Å². The first-order valence-corrected chi connectivity index (χ1v) is 9.70. The Bertz CT molecular complexity index is 726. The summed E-state index contributed by atoms with van der Waals surface area (Å²) in [6.45, 7) is 6.43. The Morgan fingerprint density at radius 1 is 1.22 bits per heavy atom. The summed E-state index contributed by atoms with van der Waals surface area (Å²) in [6.07, 6.45) is 4.00. The zero-order chi connectivity index (χ0) is 19.4. The Kier molecular flexibility index (Phi) is 6.04. The minimum Gasteiger partial charge on any atom is -0.494 e. The largest absolute Gasteiger partial charge is 0.494 e. The Morgan fingerprint density at radius 2 is 1.96 bits per heavy atom. The normalized spacial score (nSPS) is 25.4. The molecule has 2 amide bonds. The van der Waals surface area contributed by atoms with Gasteiger partial charge in [0.05, 0.1) is 18.2 Å². The van der Waals surface area contributed by atoms with Gasteiger partial charge in [-0.05, 0) is 56.7 Å². The standard InChI is InChI=1S/C21H28N2O4/c1-4-26-16-10-8-15(9-11-16)19-18(14(3)22-21(25)23-19)20(24)27-17-7-5-6-13(2)12-17/h8-11,13,17,19H,4-7,12H2,1-3H3,(H2,22,23,25)/t13-,17+,19+/m0/s1. The molecule has 27 heavy (non-hydrogen) atoms. The molecule has 1 aromatic rings. The third kappa shape index (κ3) is 4.62. The van der Waals surface area contributed by atoms with Gasteiger partial charge in [0.15, 0.2) is 0 Å². The number of urea groups is 1. The maximum atomic E-state index is 12.9. The molecule has 6 nitrogen and oxygen atoms in total. The SMILES string of the molecule is CCOc1ccc([C@H]2NC(=O)NC(C)=C2C(=O)O[C@@H]2CCC[C@H](C)C2)cc1. The Labute approximate surface area is 160 Å². The Hall–Kier alpha value is -2.50. The summed E-state index contributed by atoms with van der Waals surface area (Å²) in [6, 6.07) is 6.55. The first-order chi connectivity index (χ1) is 13.0. The number of hydrogen-bond donors (Lipinski definition) is 2. The van der Waals surface area contributed by atoms with E-state index < -0.39 is 6.04 Å². The number of esters is 1. The van der Waals surface area contributed by atoms with E-state index in [9.17, 15) is 9.59 Å². The summed E-state index contributed by atoms with van der Waals surface area (Å²) >= 11 is 0. The number of allylic oxidation sites excluding steroid dienone is 1. The molecule has 0 spiro atoms. The molecule has 0 saturated heterocycles. The monoisotopic (exact) mass is 372 g/mol. The molecular formula is C21H28N2O4. The molecule has 3 rings (SSSR count). The highest BCUT2D eigenvalue weighted by Gasteiger charge is 2.34. The predicted octanol–water partition coefficient (Wildman–Crippen LogP) is 3.84. The van der Waals surface area contributed by atoms with Crippen LogP contribution in [0.25, 0.3) is 0 Å². The van der Waals surface area contributed by atoms with Gasteiger partial charge in [-0.25, -0.2) is 9.59 Å². The molecule has 2 aliphatic rings. The number of rotatable bonds is 5. The fourth-order valence-corrected chi connectivity index (χ4v) is 3.84.